The van der Waals surface area contributed by atoms with Crippen molar-refractivity contribution >= 4 is 17.6 Å². The molecule has 138 valence electrons. The average Bonchev–Trinajstić information content (AvgIpc) is 2.62. The van der Waals surface area contributed by atoms with Gasteiger partial charge in [-0.1, -0.05) is 25.1 Å². The number of alkyl halides is 2. The molecule has 0 aliphatic carbocycles. The van der Waals surface area contributed by atoms with Crippen molar-refractivity contribution in [2.24, 2.45) is 0 Å². The lowest BCUT2D eigenvalue weighted by Crippen LogP contribution is -2.30. The number of rotatable bonds is 7. The molecular weight excluding hydrogens is 344 g/mol. The molecule has 0 radical (unpaired) electrons. The standard InChI is InChI=1S/C19H19F2NO4/c1-3-13-7-9-15(10-8-13)22-17(23)12(2)25-18(24)14-5-4-6-16(11-14)26-19(20)21/h4-12,19H,3H2,1-2H3,(H,22,23). The summed E-state index contributed by atoms with van der Waals surface area (Å²) in [6.07, 6.45) is -0.177. The second kappa shape index (κ2) is 8.94. The molecule has 1 unspecified atom stereocenters. The van der Waals surface area contributed by atoms with Gasteiger partial charge in [-0.05, 0) is 49.2 Å². The van der Waals surface area contributed by atoms with Gasteiger partial charge in [-0.2, -0.15) is 8.78 Å². The minimum atomic E-state index is -3.00. The van der Waals surface area contributed by atoms with E-state index in [-0.39, 0.29) is 11.3 Å². The van der Waals surface area contributed by atoms with Gasteiger partial charge >= 0.3 is 12.6 Å². The number of hydrogen-bond acceptors (Lipinski definition) is 4. The lowest BCUT2D eigenvalue weighted by atomic mass is 10.1. The highest BCUT2D eigenvalue weighted by Gasteiger charge is 2.19. The molecule has 1 N–H and O–H groups in total. The molecule has 7 heteroatoms. The number of anilines is 1. The number of amides is 1. The molecule has 0 aliphatic heterocycles. The van der Waals surface area contributed by atoms with Gasteiger partial charge in [0.15, 0.2) is 6.10 Å². The zero-order valence-corrected chi connectivity index (χ0v) is 14.4. The first-order chi connectivity index (χ1) is 12.4. The van der Waals surface area contributed by atoms with Crippen molar-refractivity contribution in [2.75, 3.05) is 5.32 Å². The molecule has 0 aromatic heterocycles. The third kappa shape index (κ3) is 5.54. The SMILES string of the molecule is CCc1ccc(NC(=O)C(C)OC(=O)c2cccc(OC(F)F)c2)cc1. The van der Waals surface area contributed by atoms with Gasteiger partial charge in [0.25, 0.3) is 5.91 Å². The van der Waals surface area contributed by atoms with Crippen LogP contribution in [-0.2, 0) is 16.0 Å². The molecule has 0 heterocycles. The fourth-order valence-corrected chi connectivity index (χ4v) is 2.15. The van der Waals surface area contributed by atoms with E-state index in [1.807, 2.05) is 19.1 Å². The molecule has 26 heavy (non-hydrogen) atoms. The normalized spacial score (nSPS) is 11.7. The van der Waals surface area contributed by atoms with Crippen molar-refractivity contribution in [3.63, 3.8) is 0 Å². The first-order valence-corrected chi connectivity index (χ1v) is 8.04. The van der Waals surface area contributed by atoms with Gasteiger partial charge in [0.2, 0.25) is 0 Å². The Bertz CT molecular complexity index is 762. The van der Waals surface area contributed by atoms with Gasteiger partial charge in [-0.15, -0.1) is 0 Å². The lowest BCUT2D eigenvalue weighted by molar-refractivity contribution is -0.123. The number of carbonyl (C=O) groups is 2. The van der Waals surface area contributed by atoms with Gasteiger partial charge < -0.3 is 14.8 Å². The van der Waals surface area contributed by atoms with Crippen LogP contribution in [0, 0.1) is 0 Å². The topological polar surface area (TPSA) is 64.6 Å². The van der Waals surface area contributed by atoms with Crippen LogP contribution in [0.3, 0.4) is 0 Å². The molecular formula is C19H19F2NO4. The molecule has 0 fully saturated rings. The van der Waals surface area contributed by atoms with Gasteiger partial charge in [0.1, 0.15) is 5.75 Å². The van der Waals surface area contributed by atoms with Crippen molar-refractivity contribution in [1.82, 2.24) is 0 Å². The lowest BCUT2D eigenvalue weighted by Gasteiger charge is -2.14. The van der Waals surface area contributed by atoms with Gasteiger partial charge in [0.05, 0.1) is 5.56 Å². The second-order valence-corrected chi connectivity index (χ2v) is 5.49. The monoisotopic (exact) mass is 363 g/mol. The molecule has 0 saturated carbocycles. The van der Waals surface area contributed by atoms with Crippen molar-refractivity contribution < 1.29 is 27.8 Å². The van der Waals surface area contributed by atoms with E-state index in [1.165, 1.54) is 25.1 Å². The maximum absolute atomic E-state index is 12.2. The molecule has 2 aromatic carbocycles. The van der Waals surface area contributed by atoms with E-state index in [4.69, 9.17) is 4.74 Å². The molecule has 0 saturated heterocycles. The van der Waals surface area contributed by atoms with E-state index in [9.17, 15) is 18.4 Å². The van der Waals surface area contributed by atoms with Crippen LogP contribution in [0.5, 0.6) is 5.75 Å². The van der Waals surface area contributed by atoms with E-state index >= 15 is 0 Å². The Balaban J connectivity index is 1.96. The molecule has 1 amide bonds. The number of aryl methyl sites for hydroxylation is 1. The summed E-state index contributed by atoms with van der Waals surface area (Å²) in [5, 5.41) is 2.65. The highest BCUT2D eigenvalue weighted by molar-refractivity contribution is 5.97. The van der Waals surface area contributed by atoms with E-state index < -0.39 is 24.6 Å². The zero-order valence-electron chi connectivity index (χ0n) is 14.4. The maximum Gasteiger partial charge on any atom is 0.387 e. The number of nitrogens with one attached hydrogen (secondary N) is 1. The summed E-state index contributed by atoms with van der Waals surface area (Å²) in [6, 6.07) is 12.5. The van der Waals surface area contributed by atoms with E-state index in [0.29, 0.717) is 5.69 Å². The predicted molar refractivity (Wildman–Crippen MR) is 92.4 cm³/mol. The predicted octanol–water partition coefficient (Wildman–Crippen LogP) is 4.03. The minimum Gasteiger partial charge on any atom is -0.449 e. The van der Waals surface area contributed by atoms with Crippen LogP contribution in [0.4, 0.5) is 14.5 Å². The van der Waals surface area contributed by atoms with E-state index in [1.54, 1.807) is 12.1 Å². The number of esters is 1. The number of hydrogen-bond donors (Lipinski definition) is 1. The van der Waals surface area contributed by atoms with Crippen molar-refractivity contribution in [3.8, 4) is 5.75 Å². The van der Waals surface area contributed by atoms with Crippen LogP contribution < -0.4 is 10.1 Å². The molecule has 0 aliphatic rings. The smallest absolute Gasteiger partial charge is 0.387 e. The van der Waals surface area contributed by atoms with Crippen LogP contribution in [-0.4, -0.2) is 24.6 Å². The van der Waals surface area contributed by atoms with Crippen LogP contribution in [0.15, 0.2) is 48.5 Å². The molecule has 0 bridgehead atoms. The molecule has 2 rings (SSSR count). The van der Waals surface area contributed by atoms with Crippen molar-refractivity contribution in [1.29, 1.82) is 0 Å². The summed E-state index contributed by atoms with van der Waals surface area (Å²) < 4.78 is 33.8. The second-order valence-electron chi connectivity index (χ2n) is 5.49. The number of benzene rings is 2. The highest BCUT2D eigenvalue weighted by atomic mass is 19.3. The third-order valence-electron chi connectivity index (χ3n) is 3.58. The van der Waals surface area contributed by atoms with Crippen molar-refractivity contribution in [3.05, 3.63) is 59.7 Å². The first kappa shape index (κ1) is 19.4. The van der Waals surface area contributed by atoms with Crippen LogP contribution in [0.25, 0.3) is 0 Å². The van der Waals surface area contributed by atoms with Gasteiger partial charge in [-0.3, -0.25) is 4.79 Å². The Morgan fingerprint density at radius 2 is 1.81 bits per heavy atom. The Morgan fingerprint density at radius 3 is 2.42 bits per heavy atom. The summed E-state index contributed by atoms with van der Waals surface area (Å²) in [6.45, 7) is 0.453. The Morgan fingerprint density at radius 1 is 1.12 bits per heavy atom. The highest BCUT2D eigenvalue weighted by Crippen LogP contribution is 2.17. The summed E-state index contributed by atoms with van der Waals surface area (Å²) in [7, 11) is 0. The third-order valence-corrected chi connectivity index (χ3v) is 3.58. The fraction of sp³-hybridized carbons (Fsp3) is 0.263. The average molecular weight is 363 g/mol. The van der Waals surface area contributed by atoms with Gasteiger partial charge in [0, 0.05) is 5.69 Å². The van der Waals surface area contributed by atoms with E-state index in [2.05, 4.69) is 10.1 Å². The Kier molecular flexibility index (Phi) is 6.66. The molecule has 5 nitrogen and oxygen atoms in total. The van der Waals surface area contributed by atoms with E-state index in [0.717, 1.165) is 18.1 Å². The van der Waals surface area contributed by atoms with Gasteiger partial charge in [-0.25, -0.2) is 4.79 Å². The number of ether oxygens (including phenoxy) is 2. The quantitative estimate of drug-likeness (QED) is 0.754. The minimum absolute atomic E-state index is 0.00935. The van der Waals surface area contributed by atoms with Crippen LogP contribution in [0.2, 0.25) is 0 Å². The fourth-order valence-electron chi connectivity index (χ4n) is 2.15. The summed E-state index contributed by atoms with van der Waals surface area (Å²) in [4.78, 5) is 24.2. The number of carbonyl (C=O) groups excluding carboxylic acids is 2. The summed E-state index contributed by atoms with van der Waals surface area (Å²) >= 11 is 0. The Hall–Kier alpha value is -2.96. The summed E-state index contributed by atoms with van der Waals surface area (Å²) in [5.41, 5.74) is 1.73. The first-order valence-electron chi connectivity index (χ1n) is 8.04. The van der Waals surface area contributed by atoms with Crippen LogP contribution in [0.1, 0.15) is 29.8 Å². The molecule has 1 atom stereocenters. The van der Waals surface area contributed by atoms with Crippen LogP contribution >= 0.6 is 0 Å². The maximum atomic E-state index is 12.2. The Labute approximate surface area is 149 Å². The van der Waals surface area contributed by atoms with Crippen molar-refractivity contribution in [2.45, 2.75) is 33.0 Å². The largest absolute Gasteiger partial charge is 0.449 e. The summed E-state index contributed by atoms with van der Waals surface area (Å²) in [5.74, 6) is -1.47. The molecule has 2 aromatic rings. The molecule has 0 spiro atoms. The zero-order chi connectivity index (χ0) is 19.1. The number of halogens is 2.